The number of amides is 3. The van der Waals surface area contributed by atoms with Gasteiger partial charge in [0.25, 0.3) is 0 Å². The van der Waals surface area contributed by atoms with Gasteiger partial charge in [-0.05, 0) is 18.3 Å². The van der Waals surface area contributed by atoms with Gasteiger partial charge in [-0.3, -0.25) is 9.59 Å². The highest BCUT2D eigenvalue weighted by Gasteiger charge is 2.34. The standard InChI is InChI=1S/C11H19N3O4/c1-7-3-8(7)6-14(2)11(18)13-4-9(15)12-5-10(16)17/h7-8H,3-6H2,1-2H3,(H,12,15)(H,13,18)(H,16,17). The molecule has 1 saturated carbocycles. The number of rotatable bonds is 6. The topological polar surface area (TPSA) is 98.7 Å². The zero-order chi connectivity index (χ0) is 13.7. The van der Waals surface area contributed by atoms with Crippen molar-refractivity contribution in [2.24, 2.45) is 11.8 Å². The van der Waals surface area contributed by atoms with Gasteiger partial charge in [0.1, 0.15) is 6.54 Å². The first-order valence-electron chi connectivity index (χ1n) is 5.87. The van der Waals surface area contributed by atoms with Gasteiger partial charge in [-0.1, -0.05) is 6.92 Å². The minimum Gasteiger partial charge on any atom is -0.480 e. The van der Waals surface area contributed by atoms with Gasteiger partial charge in [0, 0.05) is 13.6 Å². The van der Waals surface area contributed by atoms with Crippen molar-refractivity contribution in [3.05, 3.63) is 0 Å². The minimum atomic E-state index is -1.12. The molecule has 1 rings (SSSR count). The second-order valence-electron chi connectivity index (χ2n) is 4.68. The summed E-state index contributed by atoms with van der Waals surface area (Å²) >= 11 is 0. The van der Waals surface area contributed by atoms with Crippen molar-refractivity contribution in [2.75, 3.05) is 26.7 Å². The Kier molecular flexibility index (Phi) is 4.94. The lowest BCUT2D eigenvalue weighted by molar-refractivity contribution is -0.137. The van der Waals surface area contributed by atoms with Gasteiger partial charge in [0.15, 0.2) is 0 Å². The van der Waals surface area contributed by atoms with Crippen LogP contribution in [-0.4, -0.2) is 54.6 Å². The molecule has 0 heterocycles. The van der Waals surface area contributed by atoms with Crippen LogP contribution in [0.25, 0.3) is 0 Å². The van der Waals surface area contributed by atoms with Crippen molar-refractivity contribution in [3.63, 3.8) is 0 Å². The van der Waals surface area contributed by atoms with Crippen LogP contribution in [0.15, 0.2) is 0 Å². The van der Waals surface area contributed by atoms with Crippen LogP contribution in [0.3, 0.4) is 0 Å². The molecule has 3 N–H and O–H groups in total. The van der Waals surface area contributed by atoms with E-state index in [4.69, 9.17) is 5.11 Å². The molecule has 0 aromatic carbocycles. The zero-order valence-corrected chi connectivity index (χ0v) is 10.6. The van der Waals surface area contributed by atoms with Crippen LogP contribution in [0.4, 0.5) is 4.79 Å². The number of carboxylic acid groups (broad SMARTS) is 1. The number of hydrogen-bond acceptors (Lipinski definition) is 3. The van der Waals surface area contributed by atoms with Crippen molar-refractivity contribution >= 4 is 17.9 Å². The highest BCUT2D eigenvalue weighted by Crippen LogP contribution is 2.37. The maximum absolute atomic E-state index is 11.6. The van der Waals surface area contributed by atoms with E-state index >= 15 is 0 Å². The molecular formula is C11H19N3O4. The van der Waals surface area contributed by atoms with E-state index in [1.807, 2.05) is 0 Å². The van der Waals surface area contributed by atoms with E-state index in [0.717, 1.165) is 6.42 Å². The molecular weight excluding hydrogens is 238 g/mol. The van der Waals surface area contributed by atoms with Crippen LogP contribution in [-0.2, 0) is 9.59 Å². The molecule has 1 aliphatic carbocycles. The number of aliphatic carboxylic acids is 1. The maximum Gasteiger partial charge on any atom is 0.322 e. The Hall–Kier alpha value is -1.79. The molecule has 3 amide bonds. The van der Waals surface area contributed by atoms with E-state index in [0.29, 0.717) is 18.4 Å². The lowest BCUT2D eigenvalue weighted by atomic mass is 10.3. The fraction of sp³-hybridized carbons (Fsp3) is 0.727. The highest BCUT2D eigenvalue weighted by atomic mass is 16.4. The Morgan fingerprint density at radius 1 is 1.28 bits per heavy atom. The van der Waals surface area contributed by atoms with Gasteiger partial charge in [0.2, 0.25) is 5.91 Å². The van der Waals surface area contributed by atoms with Crippen molar-refractivity contribution < 1.29 is 19.5 Å². The summed E-state index contributed by atoms with van der Waals surface area (Å²) in [7, 11) is 1.68. The Morgan fingerprint density at radius 2 is 1.89 bits per heavy atom. The average Bonchev–Trinajstić information content (AvgIpc) is 2.98. The molecule has 1 aliphatic rings. The molecule has 0 spiro atoms. The van der Waals surface area contributed by atoms with Crippen molar-refractivity contribution in [1.29, 1.82) is 0 Å². The van der Waals surface area contributed by atoms with E-state index in [9.17, 15) is 14.4 Å². The van der Waals surface area contributed by atoms with E-state index in [-0.39, 0.29) is 12.6 Å². The second-order valence-corrected chi connectivity index (χ2v) is 4.68. The molecule has 0 aromatic heterocycles. The number of urea groups is 1. The third kappa shape index (κ3) is 5.03. The number of carbonyl (C=O) groups excluding carboxylic acids is 2. The number of carbonyl (C=O) groups is 3. The minimum absolute atomic E-state index is 0.212. The van der Waals surface area contributed by atoms with Crippen LogP contribution in [0.5, 0.6) is 0 Å². The predicted molar refractivity (Wildman–Crippen MR) is 63.9 cm³/mol. The first-order chi connectivity index (χ1) is 8.40. The predicted octanol–water partition coefficient (Wildman–Crippen LogP) is -0.515. The summed E-state index contributed by atoms with van der Waals surface area (Å²) in [6.45, 7) is 2.17. The van der Waals surface area contributed by atoms with Crippen molar-refractivity contribution in [1.82, 2.24) is 15.5 Å². The Bertz CT molecular complexity index is 345. The Labute approximate surface area is 106 Å². The van der Waals surface area contributed by atoms with E-state index < -0.39 is 18.4 Å². The summed E-state index contributed by atoms with van der Waals surface area (Å²) in [5.41, 5.74) is 0. The molecule has 7 heteroatoms. The van der Waals surface area contributed by atoms with Crippen molar-refractivity contribution in [3.8, 4) is 0 Å². The van der Waals surface area contributed by atoms with Crippen LogP contribution in [0.2, 0.25) is 0 Å². The third-order valence-corrected chi connectivity index (χ3v) is 2.97. The molecule has 7 nitrogen and oxygen atoms in total. The van der Waals surface area contributed by atoms with Crippen LogP contribution in [0, 0.1) is 11.8 Å². The second kappa shape index (κ2) is 6.23. The van der Waals surface area contributed by atoms with Gasteiger partial charge in [-0.2, -0.15) is 0 Å². The fourth-order valence-electron chi connectivity index (χ4n) is 1.62. The fourth-order valence-corrected chi connectivity index (χ4v) is 1.62. The number of nitrogens with zero attached hydrogens (tertiary/aromatic N) is 1. The first kappa shape index (κ1) is 14.3. The number of nitrogens with one attached hydrogen (secondary N) is 2. The molecule has 2 atom stereocenters. The Balaban J connectivity index is 2.15. The molecule has 102 valence electrons. The third-order valence-electron chi connectivity index (χ3n) is 2.97. The molecule has 1 fully saturated rings. The molecule has 0 saturated heterocycles. The molecule has 0 aromatic rings. The van der Waals surface area contributed by atoms with Gasteiger partial charge in [-0.15, -0.1) is 0 Å². The lowest BCUT2D eigenvalue weighted by Crippen LogP contribution is -2.44. The summed E-state index contributed by atoms with van der Waals surface area (Å²) in [6.07, 6.45) is 1.14. The maximum atomic E-state index is 11.6. The molecule has 18 heavy (non-hydrogen) atoms. The number of carboxylic acids is 1. The molecule has 0 radical (unpaired) electrons. The Morgan fingerprint density at radius 3 is 2.39 bits per heavy atom. The van der Waals surface area contributed by atoms with Gasteiger partial charge >= 0.3 is 12.0 Å². The van der Waals surface area contributed by atoms with E-state index in [2.05, 4.69) is 17.6 Å². The lowest BCUT2D eigenvalue weighted by Gasteiger charge is -2.17. The molecule has 0 aliphatic heterocycles. The quantitative estimate of drug-likeness (QED) is 0.596. The number of hydrogen-bond donors (Lipinski definition) is 3. The first-order valence-corrected chi connectivity index (χ1v) is 5.87. The van der Waals surface area contributed by atoms with Gasteiger partial charge in [-0.25, -0.2) is 4.79 Å². The van der Waals surface area contributed by atoms with Crippen LogP contribution >= 0.6 is 0 Å². The largest absolute Gasteiger partial charge is 0.480 e. The van der Waals surface area contributed by atoms with E-state index in [1.54, 1.807) is 11.9 Å². The zero-order valence-electron chi connectivity index (χ0n) is 10.6. The summed E-state index contributed by atoms with van der Waals surface area (Å²) in [4.78, 5) is 34.5. The average molecular weight is 257 g/mol. The molecule has 0 bridgehead atoms. The summed E-state index contributed by atoms with van der Waals surface area (Å²) in [6, 6.07) is -0.320. The van der Waals surface area contributed by atoms with Gasteiger partial charge < -0.3 is 20.6 Å². The summed E-state index contributed by atoms with van der Waals surface area (Å²) in [5, 5.41) is 12.9. The van der Waals surface area contributed by atoms with Crippen molar-refractivity contribution in [2.45, 2.75) is 13.3 Å². The van der Waals surface area contributed by atoms with Gasteiger partial charge in [0.05, 0.1) is 6.54 Å². The van der Waals surface area contributed by atoms with Crippen LogP contribution in [0.1, 0.15) is 13.3 Å². The molecule has 2 unspecified atom stereocenters. The highest BCUT2D eigenvalue weighted by molar-refractivity contribution is 5.86. The summed E-state index contributed by atoms with van der Waals surface area (Å²) < 4.78 is 0. The monoisotopic (exact) mass is 257 g/mol. The normalized spacial score (nSPS) is 21.0. The van der Waals surface area contributed by atoms with Crippen LogP contribution < -0.4 is 10.6 Å². The SMILES string of the molecule is CC1CC1CN(C)C(=O)NCC(=O)NCC(=O)O. The summed E-state index contributed by atoms with van der Waals surface area (Å²) in [5.74, 6) is -0.408. The smallest absolute Gasteiger partial charge is 0.322 e. The van der Waals surface area contributed by atoms with E-state index in [1.165, 1.54) is 0 Å².